The van der Waals surface area contributed by atoms with Crippen LogP contribution >= 0.6 is 22.7 Å². The fourth-order valence-electron chi connectivity index (χ4n) is 3.74. The van der Waals surface area contributed by atoms with Crippen LogP contribution in [-0.4, -0.2) is 71.9 Å². The molecular formula is C19H27N2O3S2+. The number of piperidine rings is 1. The highest BCUT2D eigenvalue weighted by molar-refractivity contribution is 7.12. The molecule has 0 aliphatic carbocycles. The highest BCUT2D eigenvalue weighted by Crippen LogP contribution is 2.38. The normalized spacial score (nSPS) is 16.8. The van der Waals surface area contributed by atoms with Crippen molar-refractivity contribution in [2.75, 3.05) is 40.3 Å². The van der Waals surface area contributed by atoms with E-state index in [4.69, 9.17) is 0 Å². The second-order valence-corrected chi connectivity index (χ2v) is 9.31. The first-order valence-corrected chi connectivity index (χ1v) is 10.7. The lowest BCUT2D eigenvalue weighted by atomic mass is 9.94. The molecule has 2 aromatic rings. The molecule has 142 valence electrons. The summed E-state index contributed by atoms with van der Waals surface area (Å²) in [6.07, 6.45) is 1.76. The van der Waals surface area contributed by atoms with E-state index in [2.05, 4.69) is 14.1 Å². The highest BCUT2D eigenvalue weighted by atomic mass is 32.1. The van der Waals surface area contributed by atoms with Crippen LogP contribution in [-0.2, 0) is 10.4 Å². The van der Waals surface area contributed by atoms with E-state index >= 15 is 0 Å². The molecule has 7 heteroatoms. The number of carbonyl (C=O) groups excluding carboxylic acids is 1. The van der Waals surface area contributed by atoms with Crippen LogP contribution in [0.3, 0.4) is 0 Å². The van der Waals surface area contributed by atoms with Gasteiger partial charge in [0.05, 0.1) is 36.5 Å². The van der Waals surface area contributed by atoms with Crippen molar-refractivity contribution in [3.8, 4) is 0 Å². The molecule has 3 rings (SSSR count). The molecule has 0 bridgehead atoms. The van der Waals surface area contributed by atoms with Crippen LogP contribution in [0.1, 0.15) is 22.6 Å². The van der Waals surface area contributed by atoms with Gasteiger partial charge in [0.2, 0.25) is 5.60 Å². The van der Waals surface area contributed by atoms with Crippen LogP contribution < -0.4 is 0 Å². The molecule has 0 aromatic carbocycles. The lowest BCUT2D eigenvalue weighted by molar-refractivity contribution is -0.916. The van der Waals surface area contributed by atoms with E-state index in [1.807, 2.05) is 35.0 Å². The minimum Gasteiger partial charge on any atom is -0.391 e. The van der Waals surface area contributed by atoms with Gasteiger partial charge in [0.15, 0.2) is 0 Å². The number of carbonyl (C=O) groups is 1. The molecule has 0 saturated carbocycles. The van der Waals surface area contributed by atoms with Crippen molar-refractivity contribution >= 4 is 28.6 Å². The van der Waals surface area contributed by atoms with Crippen LogP contribution in [0.4, 0.5) is 0 Å². The van der Waals surface area contributed by atoms with Crippen LogP contribution in [0.15, 0.2) is 35.0 Å². The van der Waals surface area contributed by atoms with Gasteiger partial charge >= 0.3 is 0 Å². The van der Waals surface area contributed by atoms with Crippen molar-refractivity contribution in [1.29, 1.82) is 0 Å². The molecule has 0 spiro atoms. The quantitative estimate of drug-likeness (QED) is 0.737. The second-order valence-electron chi connectivity index (χ2n) is 7.41. The maximum absolute atomic E-state index is 13.3. The molecule has 2 aromatic heterocycles. The van der Waals surface area contributed by atoms with Crippen molar-refractivity contribution in [3.05, 3.63) is 44.8 Å². The van der Waals surface area contributed by atoms with Crippen molar-refractivity contribution in [1.82, 2.24) is 4.90 Å². The van der Waals surface area contributed by atoms with Gasteiger partial charge in [0.1, 0.15) is 6.54 Å². The summed E-state index contributed by atoms with van der Waals surface area (Å²) in [5, 5.41) is 24.5. The smallest absolute Gasteiger partial charge is 0.265 e. The molecule has 26 heavy (non-hydrogen) atoms. The summed E-state index contributed by atoms with van der Waals surface area (Å²) >= 11 is 2.82. The summed E-state index contributed by atoms with van der Waals surface area (Å²) < 4.78 is 0.763. The molecule has 1 fully saturated rings. The molecular weight excluding hydrogens is 368 g/mol. The zero-order valence-corrected chi connectivity index (χ0v) is 16.9. The van der Waals surface area contributed by atoms with Gasteiger partial charge in [-0.05, 0) is 22.9 Å². The lowest BCUT2D eigenvalue weighted by Crippen LogP contribution is -2.57. The largest absolute Gasteiger partial charge is 0.391 e. The van der Waals surface area contributed by atoms with E-state index in [0.29, 0.717) is 35.4 Å². The number of hydrogen-bond donors (Lipinski definition) is 2. The number of nitrogens with zero attached hydrogens (tertiary/aromatic N) is 2. The van der Waals surface area contributed by atoms with Gasteiger partial charge in [-0.2, -0.15) is 0 Å². The number of hydrogen-bond acceptors (Lipinski definition) is 5. The number of rotatable bonds is 6. The lowest BCUT2D eigenvalue weighted by Gasteiger charge is -2.43. The first kappa shape index (κ1) is 19.5. The Morgan fingerprint density at radius 2 is 1.73 bits per heavy atom. The summed E-state index contributed by atoms with van der Waals surface area (Å²) in [6.45, 7) is 2.15. The summed E-state index contributed by atoms with van der Waals surface area (Å²) in [5.74, 6) is -0.228. The third-order valence-electron chi connectivity index (χ3n) is 5.48. The zero-order valence-electron chi connectivity index (χ0n) is 15.3. The number of thiophene rings is 2. The number of aliphatic hydroxyl groups excluding tert-OH is 1. The van der Waals surface area contributed by atoms with E-state index in [-0.39, 0.29) is 12.5 Å². The SMILES string of the molecule is C[N+](C)(CCO)C1CCN(C(=O)C(O)(c2cccs2)c2cccs2)CC1. The fraction of sp³-hybridized carbons (Fsp3) is 0.526. The van der Waals surface area contributed by atoms with Crippen molar-refractivity contribution in [3.63, 3.8) is 0 Å². The minimum absolute atomic E-state index is 0.169. The average molecular weight is 396 g/mol. The zero-order chi connectivity index (χ0) is 18.8. The van der Waals surface area contributed by atoms with Crippen molar-refractivity contribution < 1.29 is 19.5 Å². The first-order chi connectivity index (χ1) is 12.4. The standard InChI is InChI=1S/C19H27N2O3S2/c1-21(2,11-12-22)15-7-9-20(10-8-15)18(23)19(24,16-5-3-13-25-16)17-6-4-14-26-17/h3-6,13-15,22,24H,7-12H2,1-2H3/q+1. The Morgan fingerprint density at radius 3 is 2.15 bits per heavy atom. The van der Waals surface area contributed by atoms with E-state index in [1.165, 1.54) is 22.7 Å². The Labute approximate surface area is 162 Å². The molecule has 1 aliphatic heterocycles. The molecule has 1 saturated heterocycles. The van der Waals surface area contributed by atoms with Gasteiger partial charge in [0.25, 0.3) is 5.91 Å². The monoisotopic (exact) mass is 395 g/mol. The molecule has 2 N–H and O–H groups in total. The number of quaternary nitrogens is 1. The van der Waals surface area contributed by atoms with Gasteiger partial charge in [-0.25, -0.2) is 0 Å². The Bertz CT molecular complexity index is 671. The van der Waals surface area contributed by atoms with Crippen LogP contribution in [0.25, 0.3) is 0 Å². The molecule has 0 atom stereocenters. The van der Waals surface area contributed by atoms with Gasteiger partial charge in [-0.3, -0.25) is 4.79 Å². The highest BCUT2D eigenvalue weighted by Gasteiger charge is 2.46. The Hall–Kier alpha value is -1.25. The van der Waals surface area contributed by atoms with Crippen molar-refractivity contribution in [2.24, 2.45) is 0 Å². The molecule has 3 heterocycles. The van der Waals surface area contributed by atoms with E-state index < -0.39 is 5.60 Å². The Balaban J connectivity index is 1.78. The first-order valence-electron chi connectivity index (χ1n) is 8.93. The van der Waals surface area contributed by atoms with Crippen molar-refractivity contribution in [2.45, 2.75) is 24.5 Å². The molecule has 1 aliphatic rings. The summed E-state index contributed by atoms with van der Waals surface area (Å²) in [4.78, 5) is 16.5. The van der Waals surface area contributed by atoms with Crippen LogP contribution in [0.2, 0.25) is 0 Å². The number of likely N-dealkylation sites (tertiary alicyclic amines) is 1. The van der Waals surface area contributed by atoms with E-state index in [1.54, 1.807) is 4.90 Å². The number of likely N-dealkylation sites (N-methyl/N-ethyl adjacent to an activating group) is 1. The third kappa shape index (κ3) is 3.59. The van der Waals surface area contributed by atoms with Gasteiger partial charge in [-0.15, -0.1) is 22.7 Å². The summed E-state index contributed by atoms with van der Waals surface area (Å²) in [7, 11) is 4.26. The summed E-state index contributed by atoms with van der Waals surface area (Å²) in [6, 6.07) is 7.81. The molecule has 0 unspecified atom stereocenters. The maximum Gasteiger partial charge on any atom is 0.265 e. The Kier molecular flexibility index (Phi) is 5.84. The Morgan fingerprint density at radius 1 is 1.19 bits per heavy atom. The molecule has 1 amide bonds. The van der Waals surface area contributed by atoms with Gasteiger partial charge in [0, 0.05) is 25.9 Å². The van der Waals surface area contributed by atoms with E-state index in [9.17, 15) is 15.0 Å². The topological polar surface area (TPSA) is 60.8 Å². The maximum atomic E-state index is 13.3. The molecule has 5 nitrogen and oxygen atoms in total. The second kappa shape index (κ2) is 7.78. The van der Waals surface area contributed by atoms with Crippen LogP contribution in [0.5, 0.6) is 0 Å². The van der Waals surface area contributed by atoms with Gasteiger partial charge < -0.3 is 19.6 Å². The van der Waals surface area contributed by atoms with Gasteiger partial charge in [-0.1, -0.05) is 12.1 Å². The number of aliphatic hydroxyl groups is 2. The minimum atomic E-state index is -1.59. The predicted octanol–water partition coefficient (Wildman–Crippen LogP) is 2.11. The predicted molar refractivity (Wildman–Crippen MR) is 105 cm³/mol. The number of amides is 1. The fourth-order valence-corrected chi connectivity index (χ4v) is 5.46. The summed E-state index contributed by atoms with van der Waals surface area (Å²) in [5.41, 5.74) is -1.59. The third-order valence-corrected chi connectivity index (χ3v) is 7.44. The van der Waals surface area contributed by atoms with E-state index in [0.717, 1.165) is 17.3 Å². The van der Waals surface area contributed by atoms with Crippen LogP contribution in [0, 0.1) is 0 Å². The molecule has 0 radical (unpaired) electrons. The average Bonchev–Trinajstić information content (AvgIpc) is 3.34.